The van der Waals surface area contributed by atoms with Crippen LogP contribution in [0.15, 0.2) is 0 Å². The molecule has 0 heterocycles. The molecule has 1 rings (SSSR count). The van der Waals surface area contributed by atoms with Gasteiger partial charge in [-0.3, -0.25) is 4.79 Å². The summed E-state index contributed by atoms with van der Waals surface area (Å²) in [5.41, 5.74) is 2.35. The second-order valence-corrected chi connectivity index (χ2v) is 26.1. The van der Waals surface area contributed by atoms with Gasteiger partial charge in [0.15, 0.2) is 0 Å². The summed E-state index contributed by atoms with van der Waals surface area (Å²) in [4.78, 5) is 12.3. The molecule has 112 valence electrons. The van der Waals surface area contributed by atoms with E-state index in [9.17, 15) is 4.79 Å². The van der Waals surface area contributed by atoms with Crippen LogP contribution >= 0.6 is 0 Å². The smallest absolute Gasteiger partial charge is 0.132 e. The molecular formula is C15H34OSi3. The molecule has 1 nitrogen and oxygen atoms in total. The second kappa shape index (κ2) is 5.26. The third-order valence-corrected chi connectivity index (χ3v) is 14.0. The van der Waals surface area contributed by atoms with Crippen LogP contribution in [-0.2, 0) is 4.79 Å². The molecule has 0 amide bonds. The number of carbonyl (C=O) groups is 1. The first-order valence-electron chi connectivity index (χ1n) is 7.76. The van der Waals surface area contributed by atoms with Crippen LogP contribution in [0.1, 0.15) is 12.8 Å². The van der Waals surface area contributed by atoms with E-state index in [2.05, 4.69) is 58.9 Å². The van der Waals surface area contributed by atoms with E-state index in [1.54, 1.807) is 0 Å². The quantitative estimate of drug-likeness (QED) is 0.631. The van der Waals surface area contributed by atoms with Gasteiger partial charge in [-0.05, 0) is 16.6 Å². The van der Waals surface area contributed by atoms with Gasteiger partial charge in [0.1, 0.15) is 5.78 Å². The van der Waals surface area contributed by atoms with Gasteiger partial charge in [-0.2, -0.15) is 0 Å². The van der Waals surface area contributed by atoms with Crippen molar-refractivity contribution >= 4 is 30.0 Å². The maximum atomic E-state index is 12.3. The normalized spacial score (nSPS) is 30.6. The van der Waals surface area contributed by atoms with Crippen LogP contribution in [0, 0.1) is 0 Å². The fraction of sp³-hybridized carbons (Fsp3) is 0.933. The molecular weight excluding hydrogens is 280 g/mol. The average Bonchev–Trinajstić information content (AvgIpc) is 2.11. The van der Waals surface area contributed by atoms with Gasteiger partial charge in [0.05, 0.1) is 0 Å². The van der Waals surface area contributed by atoms with E-state index in [1.807, 2.05) is 0 Å². The van der Waals surface area contributed by atoms with Crippen LogP contribution in [0.5, 0.6) is 0 Å². The number of hydrogen-bond acceptors (Lipinski definition) is 1. The minimum absolute atomic E-state index is 0.564. The van der Waals surface area contributed by atoms with E-state index in [4.69, 9.17) is 0 Å². The summed E-state index contributed by atoms with van der Waals surface area (Å²) in [5.74, 6) is 0.564. The Balaban J connectivity index is 3.27. The SMILES string of the molecule is C[Si](C)(C)C1CC(=O)CC([Si](C)(C)C)C1[Si](C)(C)C. The molecule has 0 saturated heterocycles. The van der Waals surface area contributed by atoms with E-state index >= 15 is 0 Å². The van der Waals surface area contributed by atoms with Crippen LogP contribution < -0.4 is 0 Å². The molecule has 0 aromatic heterocycles. The summed E-state index contributed by atoms with van der Waals surface area (Å²) in [6.45, 7) is 22.5. The van der Waals surface area contributed by atoms with E-state index in [-0.39, 0.29) is 0 Å². The van der Waals surface area contributed by atoms with Crippen molar-refractivity contribution < 1.29 is 4.79 Å². The summed E-state index contributed by atoms with van der Waals surface area (Å²) in [6, 6.07) is 0. The van der Waals surface area contributed by atoms with Crippen molar-refractivity contribution in [3.8, 4) is 0 Å². The summed E-state index contributed by atoms with van der Waals surface area (Å²) >= 11 is 0. The Bertz CT molecular complexity index is 318. The number of ketones is 1. The van der Waals surface area contributed by atoms with E-state index < -0.39 is 24.2 Å². The Kier molecular flexibility index (Phi) is 4.81. The van der Waals surface area contributed by atoms with Crippen LogP contribution in [0.2, 0.25) is 75.5 Å². The van der Waals surface area contributed by atoms with Gasteiger partial charge >= 0.3 is 0 Å². The lowest BCUT2D eigenvalue weighted by atomic mass is 9.97. The topological polar surface area (TPSA) is 17.1 Å². The number of carbonyl (C=O) groups excluding carboxylic acids is 1. The molecule has 4 heteroatoms. The second-order valence-electron chi connectivity index (χ2n) is 9.78. The lowest BCUT2D eigenvalue weighted by molar-refractivity contribution is -0.120. The Morgan fingerprint density at radius 3 is 1.21 bits per heavy atom. The van der Waals surface area contributed by atoms with Gasteiger partial charge in [-0.1, -0.05) is 58.9 Å². The van der Waals surface area contributed by atoms with Gasteiger partial charge in [-0.15, -0.1) is 0 Å². The van der Waals surface area contributed by atoms with E-state index in [0.717, 1.165) is 29.5 Å². The predicted octanol–water partition coefficient (Wildman–Crippen LogP) is 5.47. The lowest BCUT2D eigenvalue weighted by Crippen LogP contribution is -2.51. The molecule has 2 unspecified atom stereocenters. The Hall–Kier alpha value is 0.321. The number of rotatable bonds is 3. The summed E-state index contributed by atoms with van der Waals surface area (Å²) in [6.07, 6.45) is 1.79. The van der Waals surface area contributed by atoms with Crippen molar-refractivity contribution in [3.05, 3.63) is 0 Å². The lowest BCUT2D eigenvalue weighted by Gasteiger charge is -2.52. The molecule has 0 spiro atoms. The van der Waals surface area contributed by atoms with Gasteiger partial charge in [0.25, 0.3) is 0 Å². The Morgan fingerprint density at radius 2 is 1.00 bits per heavy atom. The third-order valence-electron chi connectivity index (χ3n) is 4.99. The maximum Gasteiger partial charge on any atom is 0.132 e. The van der Waals surface area contributed by atoms with Gasteiger partial charge < -0.3 is 0 Å². The fourth-order valence-corrected chi connectivity index (χ4v) is 17.1. The molecule has 0 aromatic carbocycles. The summed E-state index contributed by atoms with van der Waals surface area (Å²) in [7, 11) is -3.73. The zero-order valence-corrected chi connectivity index (χ0v) is 17.6. The van der Waals surface area contributed by atoms with Crippen molar-refractivity contribution in [2.75, 3.05) is 0 Å². The van der Waals surface area contributed by atoms with Crippen LogP contribution in [-0.4, -0.2) is 30.0 Å². The van der Waals surface area contributed by atoms with E-state index in [0.29, 0.717) is 5.78 Å². The Morgan fingerprint density at radius 1 is 0.684 bits per heavy atom. The highest BCUT2D eigenvalue weighted by atomic mass is 28.3. The molecule has 1 aliphatic rings. The zero-order chi connectivity index (χ0) is 15.2. The molecule has 0 radical (unpaired) electrons. The monoisotopic (exact) mass is 314 g/mol. The van der Waals surface area contributed by atoms with Crippen molar-refractivity contribution in [3.63, 3.8) is 0 Å². The Labute approximate surface area is 123 Å². The van der Waals surface area contributed by atoms with Crippen molar-refractivity contribution in [1.82, 2.24) is 0 Å². The molecule has 0 aliphatic heterocycles. The molecule has 0 N–H and O–H groups in total. The highest BCUT2D eigenvalue weighted by Crippen LogP contribution is 2.57. The maximum absolute atomic E-state index is 12.3. The van der Waals surface area contributed by atoms with Crippen molar-refractivity contribution in [2.45, 2.75) is 88.4 Å². The molecule has 19 heavy (non-hydrogen) atoms. The fourth-order valence-electron chi connectivity index (χ4n) is 4.01. The standard InChI is InChI=1S/C15H34OSi3/c1-17(2,3)13-10-12(16)11-14(18(4,5)6)15(13)19(7,8)9/h13-15H,10-11H2,1-9H3. The molecule has 2 atom stereocenters. The van der Waals surface area contributed by atoms with Gasteiger partial charge in [-0.25, -0.2) is 0 Å². The van der Waals surface area contributed by atoms with Crippen LogP contribution in [0.25, 0.3) is 0 Å². The van der Waals surface area contributed by atoms with Gasteiger partial charge in [0.2, 0.25) is 0 Å². The van der Waals surface area contributed by atoms with Gasteiger partial charge in [0, 0.05) is 37.1 Å². The van der Waals surface area contributed by atoms with Crippen molar-refractivity contribution in [2.24, 2.45) is 0 Å². The third kappa shape index (κ3) is 4.14. The first kappa shape index (κ1) is 17.4. The molecule has 0 bridgehead atoms. The summed E-state index contributed by atoms with van der Waals surface area (Å²) < 4.78 is 0. The average molecular weight is 315 g/mol. The first-order chi connectivity index (χ1) is 8.24. The largest absolute Gasteiger partial charge is 0.300 e. The number of Topliss-reactive ketones (excluding diaryl/α,β-unsaturated/α-hetero) is 1. The molecule has 1 saturated carbocycles. The zero-order valence-electron chi connectivity index (χ0n) is 14.6. The highest BCUT2D eigenvalue weighted by Gasteiger charge is 2.51. The van der Waals surface area contributed by atoms with Crippen LogP contribution in [0.4, 0.5) is 0 Å². The van der Waals surface area contributed by atoms with Crippen molar-refractivity contribution in [1.29, 1.82) is 0 Å². The summed E-state index contributed by atoms with van der Waals surface area (Å²) in [5, 5.41) is 0. The van der Waals surface area contributed by atoms with Crippen LogP contribution in [0.3, 0.4) is 0 Å². The highest BCUT2D eigenvalue weighted by molar-refractivity contribution is 6.87. The molecule has 1 aliphatic carbocycles. The minimum atomic E-state index is -1.26. The molecule has 0 aromatic rings. The number of hydrogen-bond donors (Lipinski definition) is 0. The minimum Gasteiger partial charge on any atom is -0.300 e. The molecule has 1 fully saturated rings. The first-order valence-corrected chi connectivity index (χ1v) is 18.5. The van der Waals surface area contributed by atoms with E-state index in [1.165, 1.54) is 0 Å². The predicted molar refractivity (Wildman–Crippen MR) is 95.5 cm³/mol.